The molecular weight excluding hydrogens is 723 g/mol. The van der Waals surface area contributed by atoms with E-state index in [1.54, 1.807) is 0 Å². The molecule has 0 heterocycles. The van der Waals surface area contributed by atoms with Crippen molar-refractivity contribution in [2.45, 2.75) is 17.8 Å². The van der Waals surface area contributed by atoms with Crippen LogP contribution in [-0.2, 0) is 10.8 Å². The van der Waals surface area contributed by atoms with Crippen LogP contribution in [0.2, 0.25) is 0 Å². The first-order valence-electron chi connectivity index (χ1n) is 21.0. The molecule has 12 rings (SSSR count). The molecule has 2 aliphatic rings. The molecule has 0 spiro atoms. The molecule has 0 aliphatic heterocycles. The summed E-state index contributed by atoms with van der Waals surface area (Å²) in [6.45, 7) is 2.41. The Morgan fingerprint density at radius 2 is 0.867 bits per heavy atom. The fourth-order valence-electron chi connectivity index (χ4n) is 10.9. The molecule has 0 aromatic heterocycles. The summed E-state index contributed by atoms with van der Waals surface area (Å²) in [5, 5.41) is 5.00. The van der Waals surface area contributed by atoms with Gasteiger partial charge in [-0.2, -0.15) is 0 Å². The van der Waals surface area contributed by atoms with Crippen molar-refractivity contribution in [1.82, 2.24) is 0 Å². The first kappa shape index (κ1) is 34.6. The largest absolute Gasteiger partial charge is 0.310 e. The molecule has 1 unspecified atom stereocenters. The van der Waals surface area contributed by atoms with Gasteiger partial charge in [0.25, 0.3) is 0 Å². The van der Waals surface area contributed by atoms with Gasteiger partial charge in [-0.25, -0.2) is 0 Å². The molecule has 1 heteroatoms. The van der Waals surface area contributed by atoms with E-state index in [1.165, 1.54) is 82.7 Å². The molecule has 10 aromatic rings. The normalized spacial score (nSPS) is 15.6. The summed E-state index contributed by atoms with van der Waals surface area (Å²) in [6, 6.07) is 85.8. The van der Waals surface area contributed by atoms with Crippen LogP contribution in [-0.4, -0.2) is 0 Å². The zero-order chi connectivity index (χ0) is 39.8. The molecule has 10 aromatic carbocycles. The molecule has 0 saturated carbocycles. The summed E-state index contributed by atoms with van der Waals surface area (Å²) < 4.78 is 0. The lowest BCUT2D eigenvalue weighted by Crippen LogP contribution is -2.28. The SMILES string of the molecule is CC1(c2ccccc2)c2ccccc2-c2ccc(N(c3ccc4c(ccc5ccccc54)c3)c3cccc4c3-c3ccccc3C4(c3ccccc3)c3ccccc3)cc21. The Morgan fingerprint density at radius 3 is 1.62 bits per heavy atom. The van der Waals surface area contributed by atoms with E-state index in [0.29, 0.717) is 0 Å². The Morgan fingerprint density at radius 1 is 0.333 bits per heavy atom. The zero-order valence-electron chi connectivity index (χ0n) is 33.4. The predicted octanol–water partition coefficient (Wildman–Crippen LogP) is 15.2. The van der Waals surface area contributed by atoms with Gasteiger partial charge in [-0.15, -0.1) is 0 Å². The standard InChI is InChI=1S/C59H41N/c1-58(42-19-5-2-6-20-42)52-28-15-13-26-49(52)50-37-35-46(39-55(50)58)60(45-34-36-48-41(38-45)33-32-40-18-11-12-25-47(40)48)56-31-17-30-54-57(56)51-27-14-16-29-53(51)59(54,43-21-7-3-8-22-43)44-23-9-4-10-24-44/h2-39H,1H3. The minimum Gasteiger partial charge on any atom is -0.310 e. The van der Waals surface area contributed by atoms with Gasteiger partial charge in [0, 0.05) is 22.4 Å². The van der Waals surface area contributed by atoms with Crippen LogP contribution in [0.3, 0.4) is 0 Å². The highest BCUT2D eigenvalue weighted by atomic mass is 15.1. The van der Waals surface area contributed by atoms with Gasteiger partial charge in [0.15, 0.2) is 0 Å². The Hall–Kier alpha value is -7.48. The first-order valence-corrected chi connectivity index (χ1v) is 21.0. The van der Waals surface area contributed by atoms with E-state index < -0.39 is 5.41 Å². The van der Waals surface area contributed by atoms with Crippen molar-refractivity contribution in [3.63, 3.8) is 0 Å². The molecule has 0 bridgehead atoms. The monoisotopic (exact) mass is 763 g/mol. The van der Waals surface area contributed by atoms with E-state index in [-0.39, 0.29) is 5.41 Å². The molecule has 0 radical (unpaired) electrons. The third-order valence-electron chi connectivity index (χ3n) is 13.6. The van der Waals surface area contributed by atoms with Crippen LogP contribution >= 0.6 is 0 Å². The maximum atomic E-state index is 2.53. The van der Waals surface area contributed by atoms with Crippen molar-refractivity contribution in [2.24, 2.45) is 0 Å². The average molecular weight is 764 g/mol. The Bertz CT molecular complexity index is 3240. The second-order valence-corrected chi connectivity index (χ2v) is 16.5. The van der Waals surface area contributed by atoms with Gasteiger partial charge in [0.1, 0.15) is 0 Å². The fraction of sp³-hybridized carbons (Fsp3) is 0.0508. The molecule has 0 saturated heterocycles. The van der Waals surface area contributed by atoms with Crippen LogP contribution < -0.4 is 4.90 Å². The van der Waals surface area contributed by atoms with Crippen molar-refractivity contribution in [1.29, 1.82) is 0 Å². The third kappa shape index (κ3) is 4.81. The van der Waals surface area contributed by atoms with Gasteiger partial charge in [-0.05, 0) is 114 Å². The topological polar surface area (TPSA) is 3.24 Å². The molecule has 0 fully saturated rings. The van der Waals surface area contributed by atoms with E-state index in [9.17, 15) is 0 Å². The predicted molar refractivity (Wildman–Crippen MR) is 251 cm³/mol. The fourth-order valence-corrected chi connectivity index (χ4v) is 10.9. The lowest BCUT2D eigenvalue weighted by atomic mass is 9.68. The van der Waals surface area contributed by atoms with Crippen molar-refractivity contribution in [2.75, 3.05) is 4.90 Å². The van der Waals surface area contributed by atoms with E-state index in [4.69, 9.17) is 0 Å². The first-order chi connectivity index (χ1) is 29.7. The van der Waals surface area contributed by atoms with Gasteiger partial charge in [-0.3, -0.25) is 0 Å². The molecule has 60 heavy (non-hydrogen) atoms. The van der Waals surface area contributed by atoms with Crippen molar-refractivity contribution in [3.05, 3.63) is 269 Å². The van der Waals surface area contributed by atoms with E-state index in [2.05, 4.69) is 242 Å². The summed E-state index contributed by atoms with van der Waals surface area (Å²) in [6.07, 6.45) is 0. The zero-order valence-corrected chi connectivity index (χ0v) is 33.4. The van der Waals surface area contributed by atoms with Crippen molar-refractivity contribution < 1.29 is 0 Å². The smallest absolute Gasteiger partial charge is 0.0714 e. The number of hydrogen-bond donors (Lipinski definition) is 0. The van der Waals surface area contributed by atoms with E-state index in [0.717, 1.165) is 17.1 Å². The summed E-state index contributed by atoms with van der Waals surface area (Å²) in [4.78, 5) is 2.53. The molecule has 1 atom stereocenters. The lowest BCUT2D eigenvalue weighted by Gasteiger charge is -2.34. The van der Waals surface area contributed by atoms with Gasteiger partial charge < -0.3 is 4.90 Å². The molecule has 2 aliphatic carbocycles. The van der Waals surface area contributed by atoms with Crippen LogP contribution in [0.5, 0.6) is 0 Å². The number of nitrogens with zero attached hydrogens (tertiary/aromatic N) is 1. The van der Waals surface area contributed by atoms with Crippen molar-refractivity contribution in [3.8, 4) is 22.3 Å². The number of rotatable bonds is 6. The van der Waals surface area contributed by atoms with Gasteiger partial charge in [-0.1, -0.05) is 200 Å². The minimum absolute atomic E-state index is 0.335. The van der Waals surface area contributed by atoms with E-state index in [1.807, 2.05) is 0 Å². The second kappa shape index (κ2) is 13.3. The minimum atomic E-state index is -0.510. The molecule has 1 nitrogen and oxygen atoms in total. The van der Waals surface area contributed by atoms with E-state index >= 15 is 0 Å². The highest BCUT2D eigenvalue weighted by Crippen LogP contribution is 2.60. The Kier molecular flexibility index (Phi) is 7.65. The Labute approximate surface area is 351 Å². The number of benzene rings is 10. The molecular formula is C59H41N. The van der Waals surface area contributed by atoms with Crippen LogP contribution in [0.1, 0.15) is 45.9 Å². The third-order valence-corrected chi connectivity index (χ3v) is 13.6. The highest BCUT2D eigenvalue weighted by molar-refractivity contribution is 6.09. The number of fused-ring (bicyclic) bond motifs is 9. The van der Waals surface area contributed by atoms with Crippen LogP contribution in [0, 0.1) is 0 Å². The van der Waals surface area contributed by atoms with Crippen molar-refractivity contribution >= 4 is 38.6 Å². The van der Waals surface area contributed by atoms with Gasteiger partial charge >= 0.3 is 0 Å². The molecule has 282 valence electrons. The lowest BCUT2D eigenvalue weighted by molar-refractivity contribution is 0.714. The summed E-state index contributed by atoms with van der Waals surface area (Å²) >= 11 is 0. The van der Waals surface area contributed by atoms with Crippen LogP contribution in [0.25, 0.3) is 43.8 Å². The second-order valence-electron chi connectivity index (χ2n) is 16.5. The Balaban J connectivity index is 1.16. The van der Waals surface area contributed by atoms with Crippen LogP contribution in [0.15, 0.2) is 231 Å². The summed E-state index contributed by atoms with van der Waals surface area (Å²) in [7, 11) is 0. The number of anilines is 3. The van der Waals surface area contributed by atoms with Gasteiger partial charge in [0.05, 0.1) is 11.1 Å². The maximum Gasteiger partial charge on any atom is 0.0714 e. The maximum absolute atomic E-state index is 2.53. The highest BCUT2D eigenvalue weighted by Gasteiger charge is 2.47. The number of hydrogen-bond acceptors (Lipinski definition) is 1. The average Bonchev–Trinajstić information content (AvgIpc) is 3.77. The quantitative estimate of drug-likeness (QED) is 0.152. The molecule has 0 amide bonds. The van der Waals surface area contributed by atoms with Crippen LogP contribution in [0.4, 0.5) is 17.1 Å². The summed E-state index contributed by atoms with van der Waals surface area (Å²) in [5.74, 6) is 0. The summed E-state index contributed by atoms with van der Waals surface area (Å²) in [5.41, 5.74) is 16.8. The molecule has 0 N–H and O–H groups in total. The van der Waals surface area contributed by atoms with Gasteiger partial charge in [0.2, 0.25) is 0 Å².